The summed E-state index contributed by atoms with van der Waals surface area (Å²) in [6, 6.07) is 10.0. The Bertz CT molecular complexity index is 572. The Morgan fingerprint density at radius 3 is 2.24 bits per heavy atom. The molecule has 2 fully saturated rings. The first-order valence-electron chi connectivity index (χ1n) is 7.80. The molecule has 0 radical (unpaired) electrons. The molecule has 1 aromatic carbocycles. The fourth-order valence-electron chi connectivity index (χ4n) is 3.95. The number of ether oxygens (including phenoxy) is 2. The van der Waals surface area contributed by atoms with E-state index in [-0.39, 0.29) is 17.0 Å². The number of Topliss-reactive ketones (excluding diaryl/α,β-unsaturated/α-hetero) is 1. The maximum absolute atomic E-state index is 12.4. The van der Waals surface area contributed by atoms with Gasteiger partial charge in [0.1, 0.15) is 0 Å². The summed E-state index contributed by atoms with van der Waals surface area (Å²) in [5, 5.41) is 0. The molecule has 2 spiro atoms. The van der Waals surface area contributed by atoms with E-state index in [4.69, 9.17) is 9.47 Å². The molecule has 2 aliphatic carbocycles. The first-order chi connectivity index (χ1) is 10.2. The van der Waals surface area contributed by atoms with Crippen LogP contribution in [0.2, 0.25) is 0 Å². The first-order valence-corrected chi connectivity index (χ1v) is 7.80. The highest BCUT2D eigenvalue weighted by molar-refractivity contribution is 6.23. The molecule has 1 saturated heterocycles. The highest BCUT2D eigenvalue weighted by Gasteiger charge is 2.48. The molecule has 1 aliphatic heterocycles. The highest BCUT2D eigenvalue weighted by Crippen LogP contribution is 2.52. The first kappa shape index (κ1) is 13.2. The van der Waals surface area contributed by atoms with Crippen molar-refractivity contribution in [2.24, 2.45) is 5.41 Å². The molecule has 0 unspecified atom stereocenters. The Morgan fingerprint density at radius 1 is 0.905 bits per heavy atom. The quantitative estimate of drug-likeness (QED) is 0.793. The summed E-state index contributed by atoms with van der Waals surface area (Å²) in [5.41, 5.74) is 1.98. The second kappa shape index (κ2) is 4.79. The maximum Gasteiger partial charge on any atom is 0.168 e. The molecule has 3 nitrogen and oxygen atoms in total. The molecule has 4 rings (SSSR count). The third-order valence-corrected chi connectivity index (χ3v) is 5.17. The van der Waals surface area contributed by atoms with Gasteiger partial charge in [-0.1, -0.05) is 36.4 Å². The molecule has 0 N–H and O–H groups in total. The van der Waals surface area contributed by atoms with Crippen molar-refractivity contribution in [3.8, 4) is 0 Å². The van der Waals surface area contributed by atoms with E-state index in [2.05, 4.69) is 6.08 Å². The summed E-state index contributed by atoms with van der Waals surface area (Å²) < 4.78 is 11.6. The number of allylic oxidation sites excluding steroid dienone is 2. The average molecular weight is 284 g/mol. The number of carbonyl (C=O) groups is 1. The minimum absolute atomic E-state index is 0.0306. The number of ketones is 1. The molecule has 0 aromatic heterocycles. The van der Waals surface area contributed by atoms with E-state index in [1.165, 1.54) is 0 Å². The van der Waals surface area contributed by atoms with Crippen molar-refractivity contribution >= 4 is 11.4 Å². The van der Waals surface area contributed by atoms with Crippen molar-refractivity contribution in [2.75, 3.05) is 13.2 Å². The van der Waals surface area contributed by atoms with E-state index < -0.39 is 0 Å². The number of rotatable bonds is 1. The van der Waals surface area contributed by atoms with Crippen LogP contribution in [-0.4, -0.2) is 24.8 Å². The Morgan fingerprint density at radius 2 is 1.57 bits per heavy atom. The Hall–Kier alpha value is -1.45. The molecule has 0 bridgehead atoms. The maximum atomic E-state index is 12.4. The van der Waals surface area contributed by atoms with Crippen molar-refractivity contribution < 1.29 is 14.3 Å². The minimum atomic E-state index is -0.350. The number of benzene rings is 1. The van der Waals surface area contributed by atoms with Crippen LogP contribution in [0, 0.1) is 5.41 Å². The summed E-state index contributed by atoms with van der Waals surface area (Å²) in [6.07, 6.45) is 6.64. The van der Waals surface area contributed by atoms with Gasteiger partial charge in [-0.2, -0.15) is 0 Å². The molecular weight excluding hydrogens is 264 g/mol. The van der Waals surface area contributed by atoms with Crippen molar-refractivity contribution in [3.05, 3.63) is 42.0 Å². The lowest BCUT2D eigenvalue weighted by Crippen LogP contribution is -2.38. The number of hydrogen-bond donors (Lipinski definition) is 0. The highest BCUT2D eigenvalue weighted by atomic mass is 16.7. The zero-order valence-electron chi connectivity index (χ0n) is 12.1. The predicted octanol–water partition coefficient (Wildman–Crippen LogP) is 3.35. The van der Waals surface area contributed by atoms with E-state index in [9.17, 15) is 4.79 Å². The molecule has 1 heterocycles. The van der Waals surface area contributed by atoms with Crippen molar-refractivity contribution in [2.45, 2.75) is 37.9 Å². The van der Waals surface area contributed by atoms with Gasteiger partial charge in [0.05, 0.1) is 13.2 Å². The van der Waals surface area contributed by atoms with Gasteiger partial charge in [-0.05, 0) is 23.8 Å². The normalized spacial score (nSPS) is 26.5. The summed E-state index contributed by atoms with van der Waals surface area (Å²) >= 11 is 0. The van der Waals surface area contributed by atoms with Gasteiger partial charge in [-0.25, -0.2) is 0 Å². The third kappa shape index (κ3) is 2.25. The van der Waals surface area contributed by atoms with Crippen LogP contribution in [0.3, 0.4) is 0 Å². The van der Waals surface area contributed by atoms with E-state index in [1.807, 2.05) is 30.3 Å². The smallest absolute Gasteiger partial charge is 0.168 e. The van der Waals surface area contributed by atoms with Crippen molar-refractivity contribution in [3.63, 3.8) is 0 Å². The van der Waals surface area contributed by atoms with E-state index >= 15 is 0 Å². The molecule has 0 atom stereocenters. The molecule has 21 heavy (non-hydrogen) atoms. The van der Waals surface area contributed by atoms with Crippen LogP contribution in [0.15, 0.2) is 36.4 Å². The molecule has 1 saturated carbocycles. The predicted molar refractivity (Wildman–Crippen MR) is 79.6 cm³/mol. The third-order valence-electron chi connectivity index (χ3n) is 5.17. The van der Waals surface area contributed by atoms with Gasteiger partial charge < -0.3 is 9.47 Å². The van der Waals surface area contributed by atoms with Gasteiger partial charge in [0.2, 0.25) is 0 Å². The minimum Gasteiger partial charge on any atom is -0.348 e. The molecule has 110 valence electrons. The molecule has 3 aliphatic rings. The summed E-state index contributed by atoms with van der Waals surface area (Å²) in [5.74, 6) is -0.0668. The van der Waals surface area contributed by atoms with E-state index in [0.29, 0.717) is 19.6 Å². The lowest BCUT2D eigenvalue weighted by atomic mass is 9.71. The van der Waals surface area contributed by atoms with Crippen LogP contribution in [0.25, 0.3) is 5.57 Å². The van der Waals surface area contributed by atoms with Gasteiger partial charge in [0, 0.05) is 24.8 Å². The van der Waals surface area contributed by atoms with Gasteiger partial charge in [-0.3, -0.25) is 4.79 Å². The zero-order chi connectivity index (χ0) is 14.3. The van der Waals surface area contributed by atoms with Crippen LogP contribution in [-0.2, 0) is 14.3 Å². The standard InChI is InChI=1S/C18H20O3/c19-16-13-17(12-15(16)14-4-2-1-3-5-14)6-8-18(9-7-17)20-10-11-21-18/h1-5,12H,6-11,13H2. The van der Waals surface area contributed by atoms with Gasteiger partial charge in [0.15, 0.2) is 11.6 Å². The fourth-order valence-corrected chi connectivity index (χ4v) is 3.95. The average Bonchev–Trinajstić information content (AvgIpc) is 3.10. The van der Waals surface area contributed by atoms with E-state index in [1.54, 1.807) is 0 Å². The Kier molecular flexibility index (Phi) is 3.02. The number of carbonyl (C=O) groups excluding carboxylic acids is 1. The zero-order valence-corrected chi connectivity index (χ0v) is 12.1. The Labute approximate surface area is 124 Å². The van der Waals surface area contributed by atoms with Gasteiger partial charge >= 0.3 is 0 Å². The molecule has 0 amide bonds. The second-order valence-electron chi connectivity index (χ2n) is 6.49. The SMILES string of the molecule is O=C1CC2(C=C1c1ccccc1)CCC1(CC2)OCCO1. The van der Waals surface area contributed by atoms with Crippen LogP contribution in [0.1, 0.15) is 37.7 Å². The molecular formula is C18H20O3. The molecule has 1 aromatic rings. The van der Waals surface area contributed by atoms with Crippen LogP contribution >= 0.6 is 0 Å². The van der Waals surface area contributed by atoms with Crippen LogP contribution in [0.5, 0.6) is 0 Å². The monoisotopic (exact) mass is 284 g/mol. The summed E-state index contributed by atoms with van der Waals surface area (Å²) in [6.45, 7) is 1.41. The Balaban J connectivity index is 1.57. The van der Waals surface area contributed by atoms with Crippen LogP contribution < -0.4 is 0 Å². The molecule has 3 heteroatoms. The topological polar surface area (TPSA) is 35.5 Å². The second-order valence-corrected chi connectivity index (χ2v) is 6.49. The van der Waals surface area contributed by atoms with Crippen molar-refractivity contribution in [1.82, 2.24) is 0 Å². The summed E-state index contributed by atoms with van der Waals surface area (Å²) in [4.78, 5) is 12.4. The fraction of sp³-hybridized carbons (Fsp3) is 0.500. The summed E-state index contributed by atoms with van der Waals surface area (Å²) in [7, 11) is 0. The van der Waals surface area contributed by atoms with Crippen molar-refractivity contribution in [1.29, 1.82) is 0 Å². The lowest BCUT2D eigenvalue weighted by molar-refractivity contribution is -0.188. The number of hydrogen-bond acceptors (Lipinski definition) is 3. The van der Waals surface area contributed by atoms with Gasteiger partial charge in [0.25, 0.3) is 0 Å². The lowest BCUT2D eigenvalue weighted by Gasteiger charge is -2.40. The van der Waals surface area contributed by atoms with E-state index in [0.717, 1.165) is 36.8 Å². The van der Waals surface area contributed by atoms with Crippen LogP contribution in [0.4, 0.5) is 0 Å². The van der Waals surface area contributed by atoms with Gasteiger partial charge in [-0.15, -0.1) is 0 Å². The largest absolute Gasteiger partial charge is 0.348 e.